The van der Waals surface area contributed by atoms with Crippen molar-refractivity contribution >= 4 is 23.4 Å². The van der Waals surface area contributed by atoms with Gasteiger partial charge in [-0.05, 0) is 29.5 Å². The molecule has 6 nitrogen and oxygen atoms in total. The van der Waals surface area contributed by atoms with E-state index in [0.29, 0.717) is 17.5 Å². The zero-order chi connectivity index (χ0) is 13.7. The molecule has 1 amide bonds. The maximum absolute atomic E-state index is 12.2. The highest BCUT2D eigenvalue weighted by molar-refractivity contribution is 7.99. The Bertz CT molecular complexity index is 542. The summed E-state index contributed by atoms with van der Waals surface area (Å²) in [5, 5.41) is 11.7. The van der Waals surface area contributed by atoms with Crippen molar-refractivity contribution in [2.45, 2.75) is 12.1 Å². The van der Waals surface area contributed by atoms with Gasteiger partial charge in [-0.3, -0.25) is 4.79 Å². The van der Waals surface area contributed by atoms with Gasteiger partial charge in [0.25, 0.3) is 0 Å². The van der Waals surface area contributed by atoms with Crippen LogP contribution in [0.5, 0.6) is 0 Å². The Kier molecular flexibility index (Phi) is 4.51. The number of hydrogen-bond acceptors (Lipinski definition) is 5. The SMILES string of the molecule is CCN(C(=O)CSc1nnnn1C)c1ccccc1. The number of rotatable bonds is 5. The summed E-state index contributed by atoms with van der Waals surface area (Å²) < 4.78 is 1.55. The van der Waals surface area contributed by atoms with Crippen LogP contribution in [0.25, 0.3) is 0 Å². The van der Waals surface area contributed by atoms with Gasteiger partial charge in [0.05, 0.1) is 5.75 Å². The van der Waals surface area contributed by atoms with Gasteiger partial charge < -0.3 is 4.90 Å². The van der Waals surface area contributed by atoms with E-state index in [2.05, 4.69) is 15.5 Å². The summed E-state index contributed by atoms with van der Waals surface area (Å²) in [5.74, 6) is 0.360. The van der Waals surface area contributed by atoms with Crippen LogP contribution in [0.4, 0.5) is 5.69 Å². The van der Waals surface area contributed by atoms with Crippen LogP contribution >= 0.6 is 11.8 Å². The molecule has 1 heterocycles. The zero-order valence-corrected chi connectivity index (χ0v) is 11.7. The summed E-state index contributed by atoms with van der Waals surface area (Å²) >= 11 is 1.34. The first-order chi connectivity index (χ1) is 9.22. The number of para-hydroxylation sites is 1. The topological polar surface area (TPSA) is 63.9 Å². The zero-order valence-electron chi connectivity index (χ0n) is 10.9. The molecule has 0 aliphatic carbocycles. The number of nitrogens with zero attached hydrogens (tertiary/aromatic N) is 5. The molecule has 0 N–H and O–H groups in total. The molecule has 7 heteroatoms. The lowest BCUT2D eigenvalue weighted by molar-refractivity contribution is -0.116. The molecule has 19 heavy (non-hydrogen) atoms. The van der Waals surface area contributed by atoms with Gasteiger partial charge in [0.1, 0.15) is 0 Å². The lowest BCUT2D eigenvalue weighted by Crippen LogP contribution is -2.32. The fourth-order valence-corrected chi connectivity index (χ4v) is 2.38. The van der Waals surface area contributed by atoms with Crippen LogP contribution in [0.15, 0.2) is 35.5 Å². The molecule has 1 aromatic carbocycles. The van der Waals surface area contributed by atoms with Gasteiger partial charge in [0.15, 0.2) is 0 Å². The Labute approximate surface area is 115 Å². The monoisotopic (exact) mass is 277 g/mol. The highest BCUT2D eigenvalue weighted by atomic mass is 32.2. The van der Waals surface area contributed by atoms with Crippen molar-refractivity contribution in [3.05, 3.63) is 30.3 Å². The highest BCUT2D eigenvalue weighted by Gasteiger charge is 2.15. The van der Waals surface area contributed by atoms with E-state index in [1.807, 2.05) is 37.3 Å². The molecule has 2 aromatic rings. The van der Waals surface area contributed by atoms with Crippen LogP contribution in [0, 0.1) is 0 Å². The third kappa shape index (κ3) is 3.31. The molecule has 2 rings (SSSR count). The van der Waals surface area contributed by atoms with E-state index in [0.717, 1.165) is 5.69 Å². The molecule has 0 unspecified atom stereocenters. The van der Waals surface area contributed by atoms with E-state index in [4.69, 9.17) is 0 Å². The van der Waals surface area contributed by atoms with Crippen LogP contribution in [0.1, 0.15) is 6.92 Å². The van der Waals surface area contributed by atoms with Crippen molar-refractivity contribution in [2.24, 2.45) is 7.05 Å². The van der Waals surface area contributed by atoms with Crippen molar-refractivity contribution in [1.29, 1.82) is 0 Å². The number of hydrogen-bond donors (Lipinski definition) is 0. The number of amides is 1. The van der Waals surface area contributed by atoms with E-state index < -0.39 is 0 Å². The van der Waals surface area contributed by atoms with Crippen molar-refractivity contribution in [3.63, 3.8) is 0 Å². The predicted octanol–water partition coefficient (Wildman–Crippen LogP) is 1.36. The van der Waals surface area contributed by atoms with Crippen molar-refractivity contribution in [3.8, 4) is 0 Å². The average Bonchev–Trinajstić information content (AvgIpc) is 2.84. The fourth-order valence-electron chi connectivity index (χ4n) is 1.66. The van der Waals surface area contributed by atoms with Gasteiger partial charge in [-0.25, -0.2) is 4.68 Å². The average molecular weight is 277 g/mol. The van der Waals surface area contributed by atoms with Gasteiger partial charge in [-0.1, -0.05) is 30.0 Å². The summed E-state index contributed by atoms with van der Waals surface area (Å²) in [6, 6.07) is 9.63. The molecule has 0 fully saturated rings. The molecule has 0 aliphatic rings. The van der Waals surface area contributed by atoms with Crippen LogP contribution < -0.4 is 4.90 Å². The second-order valence-electron chi connectivity index (χ2n) is 3.85. The van der Waals surface area contributed by atoms with E-state index in [1.54, 1.807) is 16.6 Å². The van der Waals surface area contributed by atoms with Gasteiger partial charge in [0, 0.05) is 19.3 Å². The fraction of sp³-hybridized carbons (Fsp3) is 0.333. The molecule has 0 radical (unpaired) electrons. The van der Waals surface area contributed by atoms with Crippen LogP contribution in [0.3, 0.4) is 0 Å². The maximum atomic E-state index is 12.2. The summed E-state index contributed by atoms with van der Waals surface area (Å²) in [6.07, 6.45) is 0. The number of tetrazole rings is 1. The molecule has 0 atom stereocenters. The summed E-state index contributed by atoms with van der Waals surface area (Å²) in [5.41, 5.74) is 0.909. The standard InChI is InChI=1S/C12H15N5OS/c1-3-17(10-7-5-4-6-8-10)11(18)9-19-12-13-14-15-16(12)2/h4-8H,3,9H2,1-2H3. The van der Waals surface area contributed by atoms with Crippen LogP contribution in [0.2, 0.25) is 0 Å². The van der Waals surface area contributed by atoms with Crippen molar-refractivity contribution in [1.82, 2.24) is 20.2 Å². The molecule has 100 valence electrons. The number of anilines is 1. The molecule has 0 aliphatic heterocycles. The van der Waals surface area contributed by atoms with Gasteiger partial charge >= 0.3 is 0 Å². The lowest BCUT2D eigenvalue weighted by atomic mass is 10.3. The molecule has 0 spiro atoms. The van der Waals surface area contributed by atoms with Crippen LogP contribution in [-0.4, -0.2) is 38.4 Å². The number of thioether (sulfide) groups is 1. The Morgan fingerprint density at radius 3 is 2.68 bits per heavy atom. The number of carbonyl (C=O) groups excluding carboxylic acids is 1. The molecule has 0 bridgehead atoms. The minimum Gasteiger partial charge on any atom is -0.312 e. The van der Waals surface area contributed by atoms with Crippen molar-refractivity contribution < 1.29 is 4.79 Å². The quantitative estimate of drug-likeness (QED) is 0.772. The van der Waals surface area contributed by atoms with E-state index >= 15 is 0 Å². The first-order valence-corrected chi connectivity index (χ1v) is 6.91. The molecule has 0 saturated heterocycles. The van der Waals surface area contributed by atoms with E-state index in [1.165, 1.54) is 11.8 Å². The molecular weight excluding hydrogens is 262 g/mol. The number of carbonyl (C=O) groups is 1. The highest BCUT2D eigenvalue weighted by Crippen LogP contribution is 2.17. The molecule has 1 aromatic heterocycles. The second kappa shape index (κ2) is 6.33. The van der Waals surface area contributed by atoms with Gasteiger partial charge in [0.2, 0.25) is 11.1 Å². The van der Waals surface area contributed by atoms with Gasteiger partial charge in [-0.2, -0.15) is 0 Å². The van der Waals surface area contributed by atoms with Crippen molar-refractivity contribution in [2.75, 3.05) is 17.2 Å². The predicted molar refractivity (Wildman–Crippen MR) is 74.0 cm³/mol. The maximum Gasteiger partial charge on any atom is 0.237 e. The largest absolute Gasteiger partial charge is 0.312 e. The Morgan fingerprint density at radius 1 is 1.37 bits per heavy atom. The van der Waals surface area contributed by atoms with E-state index in [-0.39, 0.29) is 5.91 Å². The van der Waals surface area contributed by atoms with Crippen LogP contribution in [-0.2, 0) is 11.8 Å². The summed E-state index contributed by atoms with van der Waals surface area (Å²) in [6.45, 7) is 2.60. The minimum atomic E-state index is 0.0432. The summed E-state index contributed by atoms with van der Waals surface area (Å²) in [7, 11) is 1.75. The normalized spacial score (nSPS) is 10.4. The molecule has 0 saturated carbocycles. The Hall–Kier alpha value is -1.89. The first kappa shape index (κ1) is 13.5. The number of aryl methyl sites for hydroxylation is 1. The minimum absolute atomic E-state index is 0.0432. The van der Waals surface area contributed by atoms with Gasteiger partial charge in [-0.15, -0.1) is 5.10 Å². The third-order valence-corrected chi connectivity index (χ3v) is 3.59. The molecular formula is C12H15N5OS. The first-order valence-electron chi connectivity index (χ1n) is 5.93. The number of aromatic nitrogens is 4. The Balaban J connectivity index is 2.00. The lowest BCUT2D eigenvalue weighted by Gasteiger charge is -2.20. The summed E-state index contributed by atoms with van der Waals surface area (Å²) in [4.78, 5) is 14.0. The van der Waals surface area contributed by atoms with E-state index in [9.17, 15) is 4.79 Å². The smallest absolute Gasteiger partial charge is 0.237 e. The second-order valence-corrected chi connectivity index (χ2v) is 4.79. The third-order valence-electron chi connectivity index (χ3n) is 2.59. The Morgan fingerprint density at radius 2 is 2.11 bits per heavy atom. The number of benzene rings is 1.